The highest BCUT2D eigenvalue weighted by Crippen LogP contribution is 2.21. The number of carboxylic acids is 1. The molecule has 0 aliphatic rings. The first-order valence-electron chi connectivity index (χ1n) is 6.41. The average molecular weight is 361 g/mol. The molecule has 0 saturated carbocycles. The topological polar surface area (TPSA) is 69.6 Å². The minimum Gasteiger partial charge on any atom is -0.481 e. The lowest BCUT2D eigenvalue weighted by Crippen LogP contribution is -2.41. The van der Waals surface area contributed by atoms with Gasteiger partial charge in [0.2, 0.25) is 0 Å². The van der Waals surface area contributed by atoms with Gasteiger partial charge in [-0.1, -0.05) is 28.9 Å². The van der Waals surface area contributed by atoms with Crippen molar-refractivity contribution in [1.29, 1.82) is 0 Å². The van der Waals surface area contributed by atoms with Crippen LogP contribution in [0.2, 0.25) is 0 Å². The van der Waals surface area contributed by atoms with Crippen LogP contribution in [0.25, 0.3) is 0 Å². The van der Waals surface area contributed by atoms with Gasteiger partial charge in [-0.05, 0) is 19.1 Å². The monoisotopic (exact) mass is 360 g/mol. The maximum Gasteiger partial charge on any atom is 0.317 e. The van der Waals surface area contributed by atoms with Gasteiger partial charge < -0.3 is 15.3 Å². The fourth-order valence-electron chi connectivity index (χ4n) is 1.80. The second kappa shape index (κ2) is 7.40. The van der Waals surface area contributed by atoms with E-state index in [1.165, 1.54) is 24.9 Å². The van der Waals surface area contributed by atoms with Gasteiger partial charge in [0.25, 0.3) is 0 Å². The molecular weight excluding hydrogens is 343 g/mol. The van der Waals surface area contributed by atoms with Crippen LogP contribution in [0.15, 0.2) is 22.7 Å². The maximum atomic E-state index is 13.8. The standard InChI is InChI=1S/C14H18BrFN2O3/c1-8(13(19)20)7-18(3)14(21)17-9(2)11-5-4-10(15)6-12(11)16/h4-6,8-9H,7H2,1-3H3,(H,17,21)(H,19,20). The predicted octanol–water partition coefficient (Wildman–Crippen LogP) is 3.01. The van der Waals surface area contributed by atoms with Gasteiger partial charge in [-0.2, -0.15) is 0 Å². The lowest BCUT2D eigenvalue weighted by Gasteiger charge is -2.23. The molecule has 1 rings (SSSR count). The van der Waals surface area contributed by atoms with Crippen LogP contribution < -0.4 is 5.32 Å². The van der Waals surface area contributed by atoms with Crippen LogP contribution in [-0.4, -0.2) is 35.6 Å². The number of benzene rings is 1. The minimum atomic E-state index is -0.971. The summed E-state index contributed by atoms with van der Waals surface area (Å²) in [5.74, 6) is -2.05. The Labute approximate surface area is 131 Å². The van der Waals surface area contributed by atoms with Gasteiger partial charge >= 0.3 is 12.0 Å². The number of carbonyl (C=O) groups excluding carboxylic acids is 1. The van der Waals surface area contributed by atoms with Gasteiger partial charge in [-0.15, -0.1) is 0 Å². The Morgan fingerprint density at radius 1 is 1.43 bits per heavy atom. The number of urea groups is 1. The van der Waals surface area contributed by atoms with Gasteiger partial charge in [0.15, 0.2) is 0 Å². The highest BCUT2D eigenvalue weighted by Gasteiger charge is 2.20. The third-order valence-electron chi connectivity index (χ3n) is 3.08. The Morgan fingerprint density at radius 3 is 2.57 bits per heavy atom. The molecule has 1 aromatic rings. The minimum absolute atomic E-state index is 0.0801. The van der Waals surface area contributed by atoms with Crippen LogP contribution in [0.1, 0.15) is 25.5 Å². The summed E-state index contributed by atoms with van der Waals surface area (Å²) in [5.41, 5.74) is 0.367. The molecule has 2 N–H and O–H groups in total. The molecule has 0 bridgehead atoms. The smallest absolute Gasteiger partial charge is 0.317 e. The first-order chi connectivity index (χ1) is 9.72. The van der Waals surface area contributed by atoms with Crippen molar-refractivity contribution < 1.29 is 19.1 Å². The SMILES string of the molecule is CC(CN(C)C(=O)NC(C)c1ccc(Br)cc1F)C(=O)O. The molecule has 2 unspecified atom stereocenters. The van der Waals surface area contributed by atoms with E-state index in [1.807, 2.05) is 0 Å². The van der Waals surface area contributed by atoms with E-state index in [0.717, 1.165) is 0 Å². The van der Waals surface area contributed by atoms with Gasteiger partial charge in [0, 0.05) is 23.6 Å². The zero-order valence-electron chi connectivity index (χ0n) is 12.1. The molecule has 21 heavy (non-hydrogen) atoms. The van der Waals surface area contributed by atoms with E-state index in [1.54, 1.807) is 19.1 Å². The van der Waals surface area contributed by atoms with E-state index in [4.69, 9.17) is 5.11 Å². The number of rotatable bonds is 5. The summed E-state index contributed by atoms with van der Waals surface area (Å²) < 4.78 is 14.4. The van der Waals surface area contributed by atoms with Crippen LogP contribution in [0, 0.1) is 11.7 Å². The van der Waals surface area contributed by atoms with E-state index in [0.29, 0.717) is 10.0 Å². The molecule has 7 heteroatoms. The van der Waals surface area contributed by atoms with Gasteiger partial charge in [-0.25, -0.2) is 9.18 Å². The summed E-state index contributed by atoms with van der Waals surface area (Å²) in [5, 5.41) is 11.5. The van der Waals surface area contributed by atoms with Crippen molar-refractivity contribution in [2.24, 2.45) is 5.92 Å². The molecule has 0 spiro atoms. The summed E-state index contributed by atoms with van der Waals surface area (Å²) in [6, 6.07) is 3.64. The van der Waals surface area contributed by atoms with Gasteiger partial charge in [-0.3, -0.25) is 4.79 Å². The first-order valence-corrected chi connectivity index (χ1v) is 7.21. The highest BCUT2D eigenvalue weighted by atomic mass is 79.9. The number of nitrogens with one attached hydrogen (secondary N) is 1. The van der Waals surface area contributed by atoms with E-state index >= 15 is 0 Å². The number of halogens is 2. The third-order valence-corrected chi connectivity index (χ3v) is 3.58. The first kappa shape index (κ1) is 17.4. The van der Waals surface area contributed by atoms with E-state index in [-0.39, 0.29) is 6.54 Å². The zero-order chi connectivity index (χ0) is 16.2. The lowest BCUT2D eigenvalue weighted by molar-refractivity contribution is -0.141. The van der Waals surface area contributed by atoms with Crippen LogP contribution >= 0.6 is 15.9 Å². The zero-order valence-corrected chi connectivity index (χ0v) is 13.6. The van der Waals surface area contributed by atoms with Crippen molar-refractivity contribution in [3.05, 3.63) is 34.1 Å². The fraction of sp³-hybridized carbons (Fsp3) is 0.429. The normalized spacial score (nSPS) is 13.4. The second-order valence-corrected chi connectivity index (χ2v) is 5.87. The largest absolute Gasteiger partial charge is 0.481 e. The summed E-state index contributed by atoms with van der Waals surface area (Å²) in [6.07, 6.45) is 0. The van der Waals surface area contributed by atoms with Crippen molar-refractivity contribution in [1.82, 2.24) is 10.2 Å². The van der Waals surface area contributed by atoms with Crippen molar-refractivity contribution in [3.8, 4) is 0 Å². The number of hydrogen-bond donors (Lipinski definition) is 2. The number of aliphatic carboxylic acids is 1. The molecule has 0 radical (unpaired) electrons. The van der Waals surface area contributed by atoms with E-state index in [9.17, 15) is 14.0 Å². The molecule has 2 atom stereocenters. The van der Waals surface area contributed by atoms with Crippen LogP contribution in [0.3, 0.4) is 0 Å². The Balaban J connectivity index is 2.67. The maximum absolute atomic E-state index is 13.8. The summed E-state index contributed by atoms with van der Waals surface area (Å²) in [7, 11) is 1.50. The Hall–Kier alpha value is -1.63. The molecule has 0 heterocycles. The Morgan fingerprint density at radius 2 is 2.05 bits per heavy atom. The van der Waals surface area contributed by atoms with Gasteiger partial charge in [0.05, 0.1) is 12.0 Å². The third kappa shape index (κ3) is 5.00. The van der Waals surface area contributed by atoms with Crippen molar-refractivity contribution in [2.45, 2.75) is 19.9 Å². The second-order valence-electron chi connectivity index (χ2n) is 4.96. The van der Waals surface area contributed by atoms with Crippen molar-refractivity contribution >= 4 is 27.9 Å². The molecule has 0 fully saturated rings. The predicted molar refractivity (Wildman–Crippen MR) is 80.5 cm³/mol. The van der Waals surface area contributed by atoms with Crippen LogP contribution in [0.4, 0.5) is 9.18 Å². The molecule has 0 aliphatic carbocycles. The highest BCUT2D eigenvalue weighted by molar-refractivity contribution is 9.10. The lowest BCUT2D eigenvalue weighted by atomic mass is 10.1. The quantitative estimate of drug-likeness (QED) is 0.847. The Bertz CT molecular complexity index is 539. The molecule has 0 saturated heterocycles. The van der Waals surface area contributed by atoms with Crippen LogP contribution in [-0.2, 0) is 4.79 Å². The summed E-state index contributed by atoms with van der Waals surface area (Å²) >= 11 is 3.17. The molecule has 0 aromatic heterocycles. The number of carboxylic acid groups (broad SMARTS) is 1. The molecule has 0 aliphatic heterocycles. The summed E-state index contributed by atoms with van der Waals surface area (Å²) in [6.45, 7) is 3.26. The molecule has 1 aromatic carbocycles. The number of nitrogens with zero attached hydrogens (tertiary/aromatic N) is 1. The fourth-order valence-corrected chi connectivity index (χ4v) is 2.13. The molecule has 116 valence electrons. The molecule has 5 nitrogen and oxygen atoms in total. The number of amides is 2. The van der Waals surface area contributed by atoms with E-state index < -0.39 is 29.8 Å². The summed E-state index contributed by atoms with van der Waals surface area (Å²) in [4.78, 5) is 24.0. The van der Waals surface area contributed by atoms with Crippen molar-refractivity contribution in [3.63, 3.8) is 0 Å². The average Bonchev–Trinajstić information content (AvgIpc) is 2.37. The van der Waals surface area contributed by atoms with Crippen LogP contribution in [0.5, 0.6) is 0 Å². The van der Waals surface area contributed by atoms with Gasteiger partial charge in [0.1, 0.15) is 5.82 Å². The number of carbonyl (C=O) groups is 2. The van der Waals surface area contributed by atoms with E-state index in [2.05, 4.69) is 21.2 Å². The molecular formula is C14H18BrFN2O3. The van der Waals surface area contributed by atoms with Crippen molar-refractivity contribution in [2.75, 3.05) is 13.6 Å². The number of hydrogen-bond acceptors (Lipinski definition) is 2. The molecule has 2 amide bonds. The Kier molecular flexibility index (Phi) is 6.14.